The van der Waals surface area contributed by atoms with Crippen LogP contribution in [0.3, 0.4) is 0 Å². The van der Waals surface area contributed by atoms with Crippen LogP contribution >= 0.6 is 0 Å². The van der Waals surface area contributed by atoms with Crippen LogP contribution in [0.1, 0.15) is 32.4 Å². The van der Waals surface area contributed by atoms with Crippen LogP contribution in [0.5, 0.6) is 5.75 Å². The van der Waals surface area contributed by atoms with Gasteiger partial charge >= 0.3 is 0 Å². The third-order valence-corrected chi connectivity index (χ3v) is 2.85. The number of nitrogens with one attached hydrogen (secondary N) is 2. The Morgan fingerprint density at radius 2 is 2.11 bits per heavy atom. The molecule has 0 aliphatic rings. The Morgan fingerprint density at radius 3 is 2.72 bits per heavy atom. The summed E-state index contributed by atoms with van der Waals surface area (Å²) in [4.78, 5) is 11.8. The number of carbonyl (C=O) groups excluding carboxylic acids is 1. The van der Waals surface area contributed by atoms with E-state index in [2.05, 4.69) is 10.6 Å². The predicted octanol–water partition coefficient (Wildman–Crippen LogP) is 1.87. The highest BCUT2D eigenvalue weighted by atomic mass is 16.5. The molecule has 1 aromatic carbocycles. The average molecular weight is 250 g/mol. The number of likely N-dealkylation sites (N-methyl/N-ethyl adjacent to an activating group) is 1. The van der Waals surface area contributed by atoms with Crippen molar-refractivity contribution >= 4 is 5.91 Å². The molecular formula is C14H22N2O2. The summed E-state index contributed by atoms with van der Waals surface area (Å²) in [7, 11) is 1.77. The van der Waals surface area contributed by atoms with Crippen molar-refractivity contribution in [1.82, 2.24) is 10.6 Å². The van der Waals surface area contributed by atoms with E-state index >= 15 is 0 Å². The molecule has 0 spiro atoms. The third-order valence-electron chi connectivity index (χ3n) is 2.85. The second-order valence-electron chi connectivity index (χ2n) is 4.25. The van der Waals surface area contributed by atoms with Crippen LogP contribution in [0.4, 0.5) is 0 Å². The first-order chi connectivity index (χ1) is 8.58. The molecule has 0 aromatic heterocycles. The van der Waals surface area contributed by atoms with E-state index in [0.29, 0.717) is 6.61 Å². The first-order valence-electron chi connectivity index (χ1n) is 6.28. The molecule has 2 N–H and O–H groups in total. The number of benzene rings is 1. The zero-order valence-electron chi connectivity index (χ0n) is 11.5. The van der Waals surface area contributed by atoms with Gasteiger partial charge in [0.15, 0.2) is 0 Å². The maximum absolute atomic E-state index is 11.8. The van der Waals surface area contributed by atoms with Crippen LogP contribution in [0.25, 0.3) is 0 Å². The molecule has 2 unspecified atom stereocenters. The summed E-state index contributed by atoms with van der Waals surface area (Å²) < 4.78 is 5.45. The van der Waals surface area contributed by atoms with Gasteiger partial charge in [0, 0.05) is 0 Å². The van der Waals surface area contributed by atoms with Crippen molar-refractivity contribution in [2.45, 2.75) is 32.9 Å². The lowest BCUT2D eigenvalue weighted by Crippen LogP contribution is -2.41. The van der Waals surface area contributed by atoms with Crippen molar-refractivity contribution in [1.29, 1.82) is 0 Å². The molecule has 100 valence electrons. The molecule has 4 heteroatoms. The molecule has 1 aromatic rings. The highest BCUT2D eigenvalue weighted by Crippen LogP contribution is 2.19. The second-order valence-corrected chi connectivity index (χ2v) is 4.25. The van der Waals surface area contributed by atoms with E-state index in [4.69, 9.17) is 4.74 Å². The maximum Gasteiger partial charge on any atom is 0.237 e. The standard InChI is InChI=1S/C14H22N2O2/c1-5-18-13-8-6-7-12(9-13)10(2)16-14(17)11(3)15-4/h6-11,15H,5H2,1-4H3,(H,16,17). The van der Waals surface area contributed by atoms with E-state index < -0.39 is 0 Å². The van der Waals surface area contributed by atoms with E-state index in [-0.39, 0.29) is 18.0 Å². The maximum atomic E-state index is 11.8. The van der Waals surface area contributed by atoms with Crippen LogP contribution in [0.2, 0.25) is 0 Å². The van der Waals surface area contributed by atoms with Crippen LogP contribution in [0, 0.1) is 0 Å². The molecule has 0 aliphatic heterocycles. The van der Waals surface area contributed by atoms with Crippen molar-refractivity contribution in [2.75, 3.05) is 13.7 Å². The van der Waals surface area contributed by atoms with Gasteiger partial charge in [0.2, 0.25) is 5.91 Å². The molecular weight excluding hydrogens is 228 g/mol. The summed E-state index contributed by atoms with van der Waals surface area (Å²) >= 11 is 0. The number of hydrogen-bond donors (Lipinski definition) is 2. The summed E-state index contributed by atoms with van der Waals surface area (Å²) in [5, 5.41) is 5.88. The van der Waals surface area contributed by atoms with Gasteiger partial charge in [-0.2, -0.15) is 0 Å². The van der Waals surface area contributed by atoms with Crippen molar-refractivity contribution < 1.29 is 9.53 Å². The molecule has 0 saturated heterocycles. The molecule has 0 radical (unpaired) electrons. The molecule has 4 nitrogen and oxygen atoms in total. The Kier molecular flexibility index (Phi) is 5.65. The van der Waals surface area contributed by atoms with Crippen LogP contribution in [-0.4, -0.2) is 25.6 Å². The fourth-order valence-electron chi connectivity index (χ4n) is 1.59. The largest absolute Gasteiger partial charge is 0.494 e. The summed E-state index contributed by atoms with van der Waals surface area (Å²) in [6, 6.07) is 7.56. The fraction of sp³-hybridized carbons (Fsp3) is 0.500. The Bertz CT molecular complexity index is 393. The number of hydrogen-bond acceptors (Lipinski definition) is 3. The quantitative estimate of drug-likeness (QED) is 0.810. The Balaban J connectivity index is 2.68. The van der Waals surface area contributed by atoms with Gasteiger partial charge < -0.3 is 15.4 Å². The Morgan fingerprint density at radius 1 is 1.39 bits per heavy atom. The first-order valence-corrected chi connectivity index (χ1v) is 6.28. The van der Waals surface area contributed by atoms with Crippen LogP contribution < -0.4 is 15.4 Å². The van der Waals surface area contributed by atoms with Gasteiger partial charge in [-0.25, -0.2) is 0 Å². The minimum absolute atomic E-state index is 0.00758. The van der Waals surface area contributed by atoms with Crippen molar-refractivity contribution in [3.8, 4) is 5.75 Å². The van der Waals surface area contributed by atoms with Crippen molar-refractivity contribution in [3.05, 3.63) is 29.8 Å². The van der Waals surface area contributed by atoms with Gasteiger partial charge in [-0.05, 0) is 45.5 Å². The molecule has 0 heterocycles. The van der Waals surface area contributed by atoms with Crippen molar-refractivity contribution in [2.24, 2.45) is 0 Å². The van der Waals surface area contributed by atoms with Crippen LogP contribution in [0.15, 0.2) is 24.3 Å². The van der Waals surface area contributed by atoms with E-state index in [1.165, 1.54) is 0 Å². The van der Waals surface area contributed by atoms with E-state index in [9.17, 15) is 4.79 Å². The lowest BCUT2D eigenvalue weighted by molar-refractivity contribution is -0.123. The predicted molar refractivity (Wildman–Crippen MR) is 72.7 cm³/mol. The summed E-state index contributed by atoms with van der Waals surface area (Å²) in [5.41, 5.74) is 1.04. The zero-order chi connectivity index (χ0) is 13.5. The lowest BCUT2D eigenvalue weighted by Gasteiger charge is -2.18. The highest BCUT2D eigenvalue weighted by molar-refractivity contribution is 5.81. The molecule has 0 fully saturated rings. The molecule has 18 heavy (non-hydrogen) atoms. The van der Waals surface area contributed by atoms with Gasteiger partial charge in [0.25, 0.3) is 0 Å². The fourth-order valence-corrected chi connectivity index (χ4v) is 1.59. The SMILES string of the molecule is CCOc1cccc(C(C)NC(=O)C(C)NC)c1. The highest BCUT2D eigenvalue weighted by Gasteiger charge is 2.14. The van der Waals surface area contributed by atoms with E-state index in [0.717, 1.165) is 11.3 Å². The topological polar surface area (TPSA) is 50.4 Å². The second kappa shape index (κ2) is 7.01. The van der Waals surface area contributed by atoms with Crippen molar-refractivity contribution in [3.63, 3.8) is 0 Å². The summed E-state index contributed by atoms with van der Waals surface area (Å²) in [6.45, 7) is 6.39. The number of rotatable bonds is 6. The summed E-state index contributed by atoms with van der Waals surface area (Å²) in [5.74, 6) is 0.824. The van der Waals surface area contributed by atoms with Gasteiger partial charge in [-0.3, -0.25) is 4.79 Å². The lowest BCUT2D eigenvalue weighted by atomic mass is 10.1. The first kappa shape index (κ1) is 14.5. The molecule has 0 saturated carbocycles. The summed E-state index contributed by atoms with van der Waals surface area (Å²) in [6.07, 6.45) is 0. The monoisotopic (exact) mass is 250 g/mol. The number of amides is 1. The third kappa shape index (κ3) is 4.04. The minimum Gasteiger partial charge on any atom is -0.494 e. The molecule has 2 atom stereocenters. The average Bonchev–Trinajstić information content (AvgIpc) is 2.38. The normalized spacial score (nSPS) is 13.8. The minimum atomic E-state index is -0.192. The smallest absolute Gasteiger partial charge is 0.237 e. The molecule has 0 bridgehead atoms. The van der Waals surface area contributed by atoms with Gasteiger partial charge in [0.05, 0.1) is 18.7 Å². The Labute approximate surface area is 109 Å². The molecule has 1 rings (SSSR count). The zero-order valence-corrected chi connectivity index (χ0v) is 11.5. The van der Waals surface area contributed by atoms with Gasteiger partial charge in [-0.1, -0.05) is 12.1 Å². The van der Waals surface area contributed by atoms with E-state index in [1.54, 1.807) is 7.05 Å². The van der Waals surface area contributed by atoms with Gasteiger partial charge in [-0.15, -0.1) is 0 Å². The molecule has 1 amide bonds. The van der Waals surface area contributed by atoms with Crippen LogP contribution in [-0.2, 0) is 4.79 Å². The Hall–Kier alpha value is -1.55. The van der Waals surface area contributed by atoms with E-state index in [1.807, 2.05) is 45.0 Å². The molecule has 0 aliphatic carbocycles. The number of ether oxygens (including phenoxy) is 1. The number of carbonyl (C=O) groups is 1. The van der Waals surface area contributed by atoms with Gasteiger partial charge in [0.1, 0.15) is 5.75 Å².